The van der Waals surface area contributed by atoms with Crippen LogP contribution in [0.3, 0.4) is 0 Å². The van der Waals surface area contributed by atoms with E-state index in [1.807, 2.05) is 0 Å². The van der Waals surface area contributed by atoms with Crippen molar-refractivity contribution >= 4 is 17.5 Å². The molecular formula is C27H31ClFN5O6. The van der Waals surface area contributed by atoms with Gasteiger partial charge < -0.3 is 40.5 Å². The van der Waals surface area contributed by atoms with Crippen molar-refractivity contribution in [3.63, 3.8) is 0 Å². The maximum Gasteiger partial charge on any atom is 0.251 e. The van der Waals surface area contributed by atoms with Crippen molar-refractivity contribution in [3.8, 4) is 28.5 Å². The van der Waals surface area contributed by atoms with E-state index < -0.39 is 23.9 Å². The van der Waals surface area contributed by atoms with Crippen LogP contribution < -0.4 is 31.1 Å². The van der Waals surface area contributed by atoms with Gasteiger partial charge in [0, 0.05) is 24.4 Å². The first-order valence-corrected chi connectivity index (χ1v) is 12.3. The predicted octanol–water partition coefficient (Wildman–Crippen LogP) is 2.15. The number of hydrogen-bond acceptors (Lipinski definition) is 10. The van der Waals surface area contributed by atoms with E-state index in [4.69, 9.17) is 42.5 Å². The molecule has 0 aliphatic rings. The number of aromatic nitrogens is 1. The Morgan fingerprint density at radius 1 is 1.15 bits per heavy atom. The molecule has 3 rings (SSSR count). The summed E-state index contributed by atoms with van der Waals surface area (Å²) < 4.78 is 29.9. The zero-order valence-corrected chi connectivity index (χ0v) is 22.9. The van der Waals surface area contributed by atoms with E-state index in [2.05, 4.69) is 10.3 Å². The van der Waals surface area contributed by atoms with E-state index in [1.165, 1.54) is 69.9 Å². The second kappa shape index (κ2) is 13.3. The molecule has 0 bridgehead atoms. The molecule has 0 aliphatic carbocycles. The summed E-state index contributed by atoms with van der Waals surface area (Å²) in [5.74, 6) is 5.52. The van der Waals surface area contributed by atoms with Crippen LogP contribution in [0.2, 0.25) is 5.02 Å². The number of benzene rings is 2. The van der Waals surface area contributed by atoms with Gasteiger partial charge in [-0.3, -0.25) is 4.79 Å². The van der Waals surface area contributed by atoms with Crippen molar-refractivity contribution in [1.29, 1.82) is 0 Å². The Labute approximate surface area is 235 Å². The SMILES string of the molecule is COc1cc(C(=O)NCC(O)(/C(N)=C/N(C)N)c2ccc(OC)c(-c3ccc(F)c(Cl)c3)n2)ccc1OCCO. The minimum atomic E-state index is -2.04. The Hall–Kier alpha value is -4.10. The first-order chi connectivity index (χ1) is 19.0. The van der Waals surface area contributed by atoms with Crippen molar-refractivity contribution in [1.82, 2.24) is 15.3 Å². The molecule has 0 saturated carbocycles. The second-order valence-corrected chi connectivity index (χ2v) is 9.01. The molecule has 3 aromatic rings. The highest BCUT2D eigenvalue weighted by Gasteiger charge is 2.36. The molecule has 1 heterocycles. The Balaban J connectivity index is 2.00. The molecule has 214 valence electrons. The van der Waals surface area contributed by atoms with Crippen molar-refractivity contribution in [2.45, 2.75) is 5.60 Å². The lowest BCUT2D eigenvalue weighted by Crippen LogP contribution is -2.46. The predicted molar refractivity (Wildman–Crippen MR) is 147 cm³/mol. The van der Waals surface area contributed by atoms with Gasteiger partial charge in [-0.15, -0.1) is 0 Å². The van der Waals surface area contributed by atoms with Crippen LogP contribution in [0, 0.1) is 5.82 Å². The van der Waals surface area contributed by atoms with Gasteiger partial charge in [0.2, 0.25) is 0 Å². The van der Waals surface area contributed by atoms with Crippen LogP contribution in [0.1, 0.15) is 16.1 Å². The van der Waals surface area contributed by atoms with Crippen molar-refractivity contribution < 1.29 is 33.6 Å². The number of methoxy groups -OCH3 is 2. The largest absolute Gasteiger partial charge is 0.494 e. The van der Waals surface area contributed by atoms with E-state index in [0.29, 0.717) is 17.1 Å². The average Bonchev–Trinajstić information content (AvgIpc) is 2.95. The number of nitrogens with one attached hydrogen (secondary N) is 1. The van der Waals surface area contributed by atoms with E-state index in [-0.39, 0.29) is 46.6 Å². The summed E-state index contributed by atoms with van der Waals surface area (Å²) in [4.78, 5) is 17.6. The Morgan fingerprint density at radius 3 is 2.48 bits per heavy atom. The van der Waals surface area contributed by atoms with Crippen LogP contribution in [0.15, 0.2) is 60.4 Å². The van der Waals surface area contributed by atoms with Gasteiger partial charge in [-0.25, -0.2) is 15.2 Å². The Kier molecular flexibility index (Phi) is 10.1. The molecule has 0 radical (unpaired) electrons. The van der Waals surface area contributed by atoms with E-state index in [9.17, 15) is 14.3 Å². The van der Waals surface area contributed by atoms with Crippen LogP contribution in [0.5, 0.6) is 17.2 Å². The number of aliphatic hydroxyl groups is 2. The average molecular weight is 576 g/mol. The Morgan fingerprint density at radius 2 is 1.85 bits per heavy atom. The van der Waals surface area contributed by atoms with Crippen molar-refractivity contribution in [2.24, 2.45) is 11.6 Å². The molecule has 7 N–H and O–H groups in total. The summed E-state index contributed by atoms with van der Waals surface area (Å²) in [6, 6.07) is 11.5. The van der Waals surface area contributed by atoms with Crippen LogP contribution in [0.4, 0.5) is 4.39 Å². The molecule has 2 aromatic carbocycles. The van der Waals surface area contributed by atoms with Crippen LogP contribution in [-0.2, 0) is 5.60 Å². The van der Waals surface area contributed by atoms with Crippen molar-refractivity contribution in [3.05, 3.63) is 82.5 Å². The number of carbonyl (C=O) groups is 1. The summed E-state index contributed by atoms with van der Waals surface area (Å²) in [6.07, 6.45) is 1.28. The smallest absolute Gasteiger partial charge is 0.251 e. The highest BCUT2D eigenvalue weighted by molar-refractivity contribution is 6.31. The first-order valence-electron chi connectivity index (χ1n) is 11.9. The summed E-state index contributed by atoms with van der Waals surface area (Å²) in [7, 11) is 4.35. The molecule has 1 unspecified atom stereocenters. The van der Waals surface area contributed by atoms with Crippen LogP contribution >= 0.6 is 11.6 Å². The third-order valence-corrected chi connectivity index (χ3v) is 6.08. The number of carbonyl (C=O) groups excluding carboxylic acids is 1. The number of ether oxygens (including phenoxy) is 3. The molecule has 0 aliphatic heterocycles. The fourth-order valence-corrected chi connectivity index (χ4v) is 3.93. The monoisotopic (exact) mass is 575 g/mol. The summed E-state index contributed by atoms with van der Waals surface area (Å²) in [5, 5.41) is 24.5. The zero-order chi connectivity index (χ0) is 29.4. The molecule has 1 aromatic heterocycles. The molecule has 1 amide bonds. The summed E-state index contributed by atoms with van der Waals surface area (Å²) in [6.45, 7) is -0.542. The minimum absolute atomic E-state index is 0.0463. The molecule has 0 saturated heterocycles. The lowest BCUT2D eigenvalue weighted by atomic mass is 9.94. The standard InChI is InChI=1S/C27H31ClFN5O6/c1-34(31)14-23(30)27(37,15-32-26(36)17-5-7-20(40-11-10-35)22(13-17)39-3)24-9-8-21(38-2)25(33-24)16-4-6-19(29)18(28)12-16/h4-9,12-14,35,37H,10-11,15,30-31H2,1-3H3,(H,32,36)/b23-14-. The van der Waals surface area contributed by atoms with Gasteiger partial charge in [0.15, 0.2) is 17.1 Å². The van der Waals surface area contributed by atoms with Crippen LogP contribution in [0.25, 0.3) is 11.3 Å². The van der Waals surface area contributed by atoms with Gasteiger partial charge in [0.1, 0.15) is 23.9 Å². The van der Waals surface area contributed by atoms with E-state index >= 15 is 0 Å². The number of amides is 1. The molecule has 11 nitrogen and oxygen atoms in total. The first kappa shape index (κ1) is 30.4. The van der Waals surface area contributed by atoms with Crippen molar-refractivity contribution in [2.75, 3.05) is 41.0 Å². The Bertz CT molecular complexity index is 1390. The van der Waals surface area contributed by atoms with Crippen LogP contribution in [-0.4, -0.2) is 67.1 Å². The quantitative estimate of drug-likeness (QED) is 0.159. The topological polar surface area (TPSA) is 165 Å². The third kappa shape index (κ3) is 6.90. The number of aliphatic hydroxyl groups excluding tert-OH is 1. The lowest BCUT2D eigenvalue weighted by Gasteiger charge is -2.30. The molecule has 1 atom stereocenters. The molecule has 13 heteroatoms. The fourth-order valence-electron chi connectivity index (χ4n) is 3.75. The fraction of sp³-hybridized carbons (Fsp3) is 0.259. The number of halogens is 2. The van der Waals surface area contributed by atoms with Gasteiger partial charge >= 0.3 is 0 Å². The number of pyridine rings is 1. The van der Waals surface area contributed by atoms with Gasteiger partial charge in [-0.1, -0.05) is 11.6 Å². The van der Waals surface area contributed by atoms with Gasteiger partial charge in [-0.2, -0.15) is 0 Å². The lowest BCUT2D eigenvalue weighted by molar-refractivity contribution is 0.0611. The van der Waals surface area contributed by atoms with Gasteiger partial charge in [0.25, 0.3) is 5.91 Å². The van der Waals surface area contributed by atoms with E-state index in [0.717, 1.165) is 5.01 Å². The number of rotatable bonds is 12. The normalized spacial score (nSPS) is 12.8. The number of nitrogens with zero attached hydrogens (tertiary/aromatic N) is 2. The third-order valence-electron chi connectivity index (χ3n) is 5.79. The number of nitrogens with two attached hydrogens (primary N) is 2. The number of hydrogen-bond donors (Lipinski definition) is 5. The molecular weight excluding hydrogens is 545 g/mol. The number of hydrazine groups is 1. The molecule has 0 spiro atoms. The highest BCUT2D eigenvalue weighted by Crippen LogP contribution is 2.35. The molecule has 0 fully saturated rings. The highest BCUT2D eigenvalue weighted by atomic mass is 35.5. The summed E-state index contributed by atoms with van der Waals surface area (Å²) >= 11 is 5.98. The molecule has 40 heavy (non-hydrogen) atoms. The second-order valence-electron chi connectivity index (χ2n) is 8.61. The zero-order valence-electron chi connectivity index (χ0n) is 22.1. The summed E-state index contributed by atoms with van der Waals surface area (Å²) in [5.41, 5.74) is 5.03. The van der Waals surface area contributed by atoms with Gasteiger partial charge in [0.05, 0.1) is 43.8 Å². The maximum atomic E-state index is 13.8. The minimum Gasteiger partial charge on any atom is -0.494 e. The van der Waals surface area contributed by atoms with E-state index in [1.54, 1.807) is 6.07 Å². The van der Waals surface area contributed by atoms with Gasteiger partial charge in [-0.05, 0) is 48.5 Å². The maximum absolute atomic E-state index is 13.8.